The minimum Gasteiger partial charge on any atom is -0.489 e. The van der Waals surface area contributed by atoms with Gasteiger partial charge in [-0.1, -0.05) is 54.6 Å². The zero-order valence-corrected chi connectivity index (χ0v) is 17.3. The predicted molar refractivity (Wildman–Crippen MR) is 117 cm³/mol. The van der Waals surface area contributed by atoms with Gasteiger partial charge in [0, 0.05) is 31.2 Å². The quantitative estimate of drug-likeness (QED) is 0.721. The van der Waals surface area contributed by atoms with Crippen molar-refractivity contribution in [1.82, 2.24) is 10.2 Å². The van der Waals surface area contributed by atoms with E-state index in [2.05, 4.69) is 46.6 Å². The van der Waals surface area contributed by atoms with Crippen molar-refractivity contribution in [3.63, 3.8) is 0 Å². The molecule has 156 valence electrons. The Morgan fingerprint density at radius 3 is 2.70 bits per heavy atom. The molecule has 2 aromatic rings. The van der Waals surface area contributed by atoms with Gasteiger partial charge >= 0.3 is 5.97 Å². The Hall–Kier alpha value is -3.05. The Balaban J connectivity index is 1.34. The van der Waals surface area contributed by atoms with Gasteiger partial charge in [0.15, 0.2) is 0 Å². The molecule has 0 saturated heterocycles. The fourth-order valence-electron chi connectivity index (χ4n) is 4.04. The summed E-state index contributed by atoms with van der Waals surface area (Å²) in [5, 5.41) is 12.7. The molecule has 2 atom stereocenters. The standard InChI is InChI=1S/C25H28N2O3/c1-18(15-25(28)29)27-14-13-24-21(16-27)9-12-23(26-24)20-7-10-22(11-8-20)30-17-19-5-3-2-4-6-19/h2-12,18,23,26H,13-17H2,1H3,(H,28,29). The van der Waals surface area contributed by atoms with Crippen molar-refractivity contribution in [2.45, 2.75) is 38.5 Å². The maximum absolute atomic E-state index is 11.0. The summed E-state index contributed by atoms with van der Waals surface area (Å²) in [5.41, 5.74) is 4.89. The van der Waals surface area contributed by atoms with E-state index in [1.165, 1.54) is 16.8 Å². The van der Waals surface area contributed by atoms with E-state index in [1.54, 1.807) is 0 Å². The molecule has 2 aliphatic rings. The maximum atomic E-state index is 11.0. The lowest BCUT2D eigenvalue weighted by atomic mass is 9.95. The Labute approximate surface area is 177 Å². The molecular weight excluding hydrogens is 376 g/mol. The van der Waals surface area contributed by atoms with Crippen molar-refractivity contribution >= 4 is 5.97 Å². The van der Waals surface area contributed by atoms with Crippen molar-refractivity contribution in [1.29, 1.82) is 0 Å². The largest absolute Gasteiger partial charge is 0.489 e. The van der Waals surface area contributed by atoms with Gasteiger partial charge in [0.05, 0.1) is 12.5 Å². The summed E-state index contributed by atoms with van der Waals surface area (Å²) in [4.78, 5) is 13.2. The molecule has 2 aliphatic heterocycles. The fraction of sp³-hybridized carbons (Fsp3) is 0.320. The normalized spacial score (nSPS) is 19.7. The van der Waals surface area contributed by atoms with Crippen molar-refractivity contribution in [3.05, 3.63) is 89.1 Å². The molecule has 0 aromatic heterocycles. The summed E-state index contributed by atoms with van der Waals surface area (Å²) < 4.78 is 5.89. The predicted octanol–water partition coefficient (Wildman–Crippen LogP) is 4.29. The van der Waals surface area contributed by atoms with E-state index in [0.29, 0.717) is 6.61 Å². The van der Waals surface area contributed by atoms with Gasteiger partial charge in [0.1, 0.15) is 12.4 Å². The summed E-state index contributed by atoms with van der Waals surface area (Å²) in [6.45, 7) is 4.23. The van der Waals surface area contributed by atoms with Crippen LogP contribution >= 0.6 is 0 Å². The topological polar surface area (TPSA) is 61.8 Å². The first kappa shape index (κ1) is 20.2. The summed E-state index contributed by atoms with van der Waals surface area (Å²) >= 11 is 0. The van der Waals surface area contributed by atoms with Crippen LogP contribution in [0, 0.1) is 0 Å². The third kappa shape index (κ3) is 4.92. The van der Waals surface area contributed by atoms with E-state index in [9.17, 15) is 4.79 Å². The second-order valence-corrected chi connectivity index (χ2v) is 8.00. The number of hydrogen-bond acceptors (Lipinski definition) is 4. The lowest BCUT2D eigenvalue weighted by Gasteiger charge is -2.37. The third-order valence-electron chi connectivity index (χ3n) is 5.81. The molecule has 4 rings (SSSR count). The van der Waals surface area contributed by atoms with Crippen LogP contribution in [0.1, 0.15) is 36.9 Å². The molecule has 2 aromatic carbocycles. The van der Waals surface area contributed by atoms with Crippen molar-refractivity contribution < 1.29 is 14.6 Å². The lowest BCUT2D eigenvalue weighted by Crippen LogP contribution is -2.42. The number of carboxylic acids is 1. The molecule has 5 heteroatoms. The molecule has 2 unspecified atom stereocenters. The minimum atomic E-state index is -0.740. The SMILES string of the molecule is CC(CC(=O)O)N1CCC2=C(C=CC(c3ccc(OCc4ccccc4)cc3)N2)C1. The van der Waals surface area contributed by atoms with Gasteiger partial charge in [0.25, 0.3) is 0 Å². The number of nitrogens with zero attached hydrogens (tertiary/aromatic N) is 1. The number of carboxylic acid groups (broad SMARTS) is 1. The summed E-state index contributed by atoms with van der Waals surface area (Å²) in [5.74, 6) is 0.124. The highest BCUT2D eigenvalue weighted by molar-refractivity contribution is 5.67. The van der Waals surface area contributed by atoms with Gasteiger partial charge in [-0.25, -0.2) is 0 Å². The molecular formula is C25H28N2O3. The molecule has 0 saturated carbocycles. The third-order valence-corrected chi connectivity index (χ3v) is 5.81. The van der Waals surface area contributed by atoms with Crippen LogP contribution in [-0.2, 0) is 11.4 Å². The zero-order valence-electron chi connectivity index (χ0n) is 17.3. The van der Waals surface area contributed by atoms with Gasteiger partial charge in [-0.3, -0.25) is 9.69 Å². The van der Waals surface area contributed by atoms with Crippen LogP contribution in [-0.4, -0.2) is 35.1 Å². The molecule has 0 bridgehead atoms. The Morgan fingerprint density at radius 1 is 1.20 bits per heavy atom. The van der Waals surface area contributed by atoms with E-state index in [-0.39, 0.29) is 18.5 Å². The molecule has 0 radical (unpaired) electrons. The molecule has 5 nitrogen and oxygen atoms in total. The first-order chi connectivity index (χ1) is 14.6. The number of hydrogen-bond donors (Lipinski definition) is 2. The van der Waals surface area contributed by atoms with Crippen molar-refractivity contribution in [3.8, 4) is 5.75 Å². The average Bonchev–Trinajstić information content (AvgIpc) is 2.77. The average molecular weight is 405 g/mol. The number of carbonyl (C=O) groups is 1. The van der Waals surface area contributed by atoms with E-state index in [4.69, 9.17) is 9.84 Å². The molecule has 2 N–H and O–H groups in total. The van der Waals surface area contributed by atoms with E-state index in [1.807, 2.05) is 37.3 Å². The van der Waals surface area contributed by atoms with Crippen LogP contribution in [0.2, 0.25) is 0 Å². The molecule has 0 amide bonds. The number of ether oxygens (including phenoxy) is 1. The summed E-state index contributed by atoms with van der Waals surface area (Å²) in [6.07, 6.45) is 5.47. The molecule has 30 heavy (non-hydrogen) atoms. The Bertz CT molecular complexity index is 935. The smallest absolute Gasteiger partial charge is 0.304 e. The van der Waals surface area contributed by atoms with Crippen LogP contribution in [0.25, 0.3) is 0 Å². The highest BCUT2D eigenvalue weighted by atomic mass is 16.5. The van der Waals surface area contributed by atoms with Gasteiger partial charge in [-0.2, -0.15) is 0 Å². The highest BCUT2D eigenvalue weighted by Crippen LogP contribution is 2.29. The van der Waals surface area contributed by atoms with Gasteiger partial charge in [-0.05, 0) is 35.8 Å². The van der Waals surface area contributed by atoms with Crippen LogP contribution in [0.5, 0.6) is 5.75 Å². The first-order valence-corrected chi connectivity index (χ1v) is 10.5. The Morgan fingerprint density at radius 2 is 1.97 bits per heavy atom. The van der Waals surface area contributed by atoms with Crippen molar-refractivity contribution in [2.24, 2.45) is 0 Å². The first-order valence-electron chi connectivity index (χ1n) is 10.5. The molecule has 0 fully saturated rings. The second-order valence-electron chi connectivity index (χ2n) is 8.00. The number of dihydropyridines is 1. The number of rotatable bonds is 7. The summed E-state index contributed by atoms with van der Waals surface area (Å²) in [7, 11) is 0. The molecule has 0 spiro atoms. The van der Waals surface area contributed by atoms with Crippen LogP contribution in [0.3, 0.4) is 0 Å². The van der Waals surface area contributed by atoms with Gasteiger partial charge in [0.2, 0.25) is 0 Å². The monoisotopic (exact) mass is 404 g/mol. The van der Waals surface area contributed by atoms with E-state index < -0.39 is 5.97 Å². The number of benzene rings is 2. The zero-order chi connectivity index (χ0) is 20.9. The minimum absolute atomic E-state index is 0.0473. The summed E-state index contributed by atoms with van der Waals surface area (Å²) in [6, 6.07) is 18.6. The van der Waals surface area contributed by atoms with E-state index >= 15 is 0 Å². The Kier molecular flexibility index (Phi) is 6.19. The van der Waals surface area contributed by atoms with Gasteiger partial charge in [-0.15, -0.1) is 0 Å². The fourth-order valence-corrected chi connectivity index (χ4v) is 4.04. The number of nitrogens with one attached hydrogen (secondary N) is 1. The van der Waals surface area contributed by atoms with Crippen LogP contribution in [0.4, 0.5) is 0 Å². The molecule has 0 aliphatic carbocycles. The second kappa shape index (κ2) is 9.18. The lowest BCUT2D eigenvalue weighted by molar-refractivity contribution is -0.138. The number of aliphatic carboxylic acids is 1. The maximum Gasteiger partial charge on any atom is 0.304 e. The van der Waals surface area contributed by atoms with Crippen LogP contribution in [0.15, 0.2) is 78.0 Å². The van der Waals surface area contributed by atoms with Crippen molar-refractivity contribution in [2.75, 3.05) is 13.1 Å². The van der Waals surface area contributed by atoms with E-state index in [0.717, 1.165) is 30.8 Å². The molecule has 2 heterocycles. The van der Waals surface area contributed by atoms with Crippen LogP contribution < -0.4 is 10.1 Å². The van der Waals surface area contributed by atoms with Gasteiger partial charge < -0.3 is 15.2 Å². The highest BCUT2D eigenvalue weighted by Gasteiger charge is 2.26.